The van der Waals surface area contributed by atoms with Gasteiger partial charge in [0.15, 0.2) is 14.6 Å². The lowest BCUT2D eigenvalue weighted by Crippen LogP contribution is -2.28. The van der Waals surface area contributed by atoms with Gasteiger partial charge in [0.25, 0.3) is 5.91 Å². The number of esters is 2. The van der Waals surface area contributed by atoms with Crippen LogP contribution in [-0.4, -0.2) is 61.5 Å². The van der Waals surface area contributed by atoms with E-state index >= 15 is 0 Å². The van der Waals surface area contributed by atoms with Gasteiger partial charge in [-0.25, -0.2) is 18.0 Å². The Balaban J connectivity index is 1.78. The van der Waals surface area contributed by atoms with Crippen LogP contribution in [0.25, 0.3) is 10.2 Å². The zero-order valence-electron chi connectivity index (χ0n) is 20.8. The van der Waals surface area contributed by atoms with Crippen LogP contribution in [0.2, 0.25) is 0 Å². The number of benzene rings is 1. The van der Waals surface area contributed by atoms with Crippen molar-refractivity contribution in [2.24, 2.45) is 12.0 Å². The fourth-order valence-electron chi connectivity index (χ4n) is 3.40. The number of nitrogens with zero attached hydrogens (tertiary/aromatic N) is 2. The van der Waals surface area contributed by atoms with Gasteiger partial charge in [-0.3, -0.25) is 9.59 Å². The summed E-state index contributed by atoms with van der Waals surface area (Å²) in [6.07, 6.45) is 0. The summed E-state index contributed by atoms with van der Waals surface area (Å²) in [6.45, 7) is 4.85. The fraction of sp³-hybridized carbons (Fsp3) is 0.348. The molecule has 0 fully saturated rings. The molecular formula is C23H24BrN3O8S3. The van der Waals surface area contributed by atoms with Crippen molar-refractivity contribution in [1.29, 1.82) is 0 Å². The van der Waals surface area contributed by atoms with Crippen molar-refractivity contribution in [2.75, 3.05) is 30.0 Å². The number of aryl methyl sites for hydroxylation is 1. The zero-order chi connectivity index (χ0) is 28.2. The van der Waals surface area contributed by atoms with E-state index in [-0.39, 0.29) is 34.2 Å². The number of hydrogen-bond donors (Lipinski definition) is 1. The second-order valence-corrected chi connectivity index (χ2v) is 12.9. The lowest BCUT2D eigenvalue weighted by atomic mass is 10.1. The molecule has 38 heavy (non-hydrogen) atoms. The summed E-state index contributed by atoms with van der Waals surface area (Å²) < 4.78 is 38.6. The molecular weight excluding hydrogens is 622 g/mol. The Morgan fingerprint density at radius 1 is 1.05 bits per heavy atom. The van der Waals surface area contributed by atoms with Crippen LogP contribution >= 0.6 is 38.6 Å². The summed E-state index contributed by atoms with van der Waals surface area (Å²) in [5.41, 5.74) is 0.987. The van der Waals surface area contributed by atoms with Gasteiger partial charge in [0.05, 0.1) is 29.0 Å². The quantitative estimate of drug-likeness (QED) is 0.349. The van der Waals surface area contributed by atoms with Gasteiger partial charge in [0.1, 0.15) is 21.4 Å². The fourth-order valence-corrected chi connectivity index (χ4v) is 7.10. The average Bonchev–Trinajstić information content (AvgIpc) is 3.28. The maximum absolute atomic E-state index is 12.6. The van der Waals surface area contributed by atoms with Crippen molar-refractivity contribution in [3.63, 3.8) is 0 Å². The minimum absolute atomic E-state index is 0.0467. The molecule has 1 aromatic carbocycles. The van der Waals surface area contributed by atoms with Crippen molar-refractivity contribution in [3.05, 3.63) is 43.5 Å². The van der Waals surface area contributed by atoms with E-state index in [1.807, 2.05) is 18.2 Å². The lowest BCUT2D eigenvalue weighted by Gasteiger charge is -2.07. The lowest BCUT2D eigenvalue weighted by molar-refractivity contribution is -0.115. The van der Waals surface area contributed by atoms with Crippen molar-refractivity contribution in [2.45, 2.75) is 20.8 Å². The highest BCUT2D eigenvalue weighted by atomic mass is 79.9. The molecule has 0 unspecified atom stereocenters. The average molecular weight is 647 g/mol. The van der Waals surface area contributed by atoms with E-state index in [4.69, 9.17) is 9.47 Å². The number of thiophene rings is 1. The predicted octanol–water partition coefficient (Wildman–Crippen LogP) is 3.21. The molecule has 0 aliphatic rings. The van der Waals surface area contributed by atoms with E-state index in [0.29, 0.717) is 4.80 Å². The number of carbonyl (C=O) groups is 4. The molecule has 0 bridgehead atoms. The molecule has 0 aliphatic carbocycles. The van der Waals surface area contributed by atoms with Crippen LogP contribution in [-0.2, 0) is 35.9 Å². The molecule has 2 aromatic heterocycles. The number of hydrogen-bond acceptors (Lipinski definition) is 10. The first-order chi connectivity index (χ1) is 17.9. The number of sulfone groups is 1. The van der Waals surface area contributed by atoms with Crippen LogP contribution in [0.3, 0.4) is 0 Å². The number of thiazole rings is 1. The van der Waals surface area contributed by atoms with Crippen LogP contribution in [0.5, 0.6) is 0 Å². The van der Waals surface area contributed by atoms with Crippen LogP contribution < -0.4 is 10.1 Å². The Morgan fingerprint density at radius 2 is 1.71 bits per heavy atom. The summed E-state index contributed by atoms with van der Waals surface area (Å²) >= 11 is 5.36. The molecule has 3 aromatic rings. The van der Waals surface area contributed by atoms with E-state index in [0.717, 1.165) is 26.0 Å². The molecule has 3 rings (SSSR count). The summed E-state index contributed by atoms with van der Waals surface area (Å²) in [7, 11) is -2.51. The Labute approximate surface area is 234 Å². The Morgan fingerprint density at radius 3 is 2.37 bits per heavy atom. The maximum atomic E-state index is 12.6. The standard InChI is InChI=1S/C23H24BrN3O8S3/c1-5-34-21(30)18-12(3)19(22(31)35-6-2)37-20(18)25-16(28)10-38(32,33)11-17(29)26-23-27(4)14-8-7-13(24)9-15(14)36-23/h7-9H,5-6,10-11H2,1-4H3,(H,25,28). The SMILES string of the molecule is CCOC(=O)c1sc(NC(=O)CS(=O)(=O)CC(=O)N=c2sc3cc(Br)ccc3n2C)c(C(=O)OCC)c1C. The van der Waals surface area contributed by atoms with Crippen LogP contribution in [0.15, 0.2) is 27.7 Å². The second-order valence-electron chi connectivity index (χ2n) is 7.84. The largest absolute Gasteiger partial charge is 0.462 e. The molecule has 0 saturated carbocycles. The van der Waals surface area contributed by atoms with Crippen molar-refractivity contribution in [1.82, 2.24) is 4.57 Å². The van der Waals surface area contributed by atoms with Gasteiger partial charge in [-0.2, -0.15) is 4.99 Å². The first kappa shape index (κ1) is 29.7. The zero-order valence-corrected chi connectivity index (χ0v) is 24.9. The number of amides is 2. The summed E-state index contributed by atoms with van der Waals surface area (Å²) in [6, 6.07) is 5.53. The minimum Gasteiger partial charge on any atom is -0.462 e. The van der Waals surface area contributed by atoms with E-state index < -0.39 is 45.1 Å². The van der Waals surface area contributed by atoms with Gasteiger partial charge >= 0.3 is 11.9 Å². The van der Waals surface area contributed by atoms with Gasteiger partial charge in [-0.15, -0.1) is 11.3 Å². The number of rotatable bonds is 9. The molecule has 15 heteroatoms. The molecule has 0 radical (unpaired) electrons. The first-order valence-corrected chi connectivity index (χ1v) is 15.4. The summed E-state index contributed by atoms with van der Waals surface area (Å²) in [5, 5.41) is 2.31. The highest BCUT2D eigenvalue weighted by Gasteiger charge is 2.29. The van der Waals surface area contributed by atoms with Gasteiger partial charge in [0.2, 0.25) is 5.91 Å². The normalized spacial score (nSPS) is 12.0. The van der Waals surface area contributed by atoms with E-state index in [1.54, 1.807) is 25.5 Å². The summed E-state index contributed by atoms with van der Waals surface area (Å²) in [4.78, 5) is 54.1. The molecule has 11 nitrogen and oxygen atoms in total. The van der Waals surface area contributed by atoms with Gasteiger partial charge in [-0.05, 0) is 44.5 Å². The van der Waals surface area contributed by atoms with Crippen LogP contribution in [0.1, 0.15) is 39.4 Å². The maximum Gasteiger partial charge on any atom is 0.348 e. The topological polar surface area (TPSA) is 150 Å². The molecule has 0 atom stereocenters. The molecule has 0 saturated heterocycles. The third kappa shape index (κ3) is 6.95. The molecule has 0 aliphatic heterocycles. The van der Waals surface area contributed by atoms with Gasteiger partial charge in [0, 0.05) is 11.5 Å². The van der Waals surface area contributed by atoms with Crippen molar-refractivity contribution < 1.29 is 37.1 Å². The highest BCUT2D eigenvalue weighted by molar-refractivity contribution is 9.10. The number of fused-ring (bicyclic) bond motifs is 1. The Bertz CT molecular complexity index is 1600. The predicted molar refractivity (Wildman–Crippen MR) is 147 cm³/mol. The van der Waals surface area contributed by atoms with Crippen molar-refractivity contribution >= 4 is 87.4 Å². The number of ether oxygens (including phenoxy) is 2. The molecule has 2 amide bonds. The van der Waals surface area contributed by atoms with Gasteiger partial charge < -0.3 is 19.4 Å². The molecule has 204 valence electrons. The van der Waals surface area contributed by atoms with E-state index in [9.17, 15) is 27.6 Å². The van der Waals surface area contributed by atoms with Gasteiger partial charge in [-0.1, -0.05) is 27.3 Å². The van der Waals surface area contributed by atoms with Crippen molar-refractivity contribution in [3.8, 4) is 0 Å². The van der Waals surface area contributed by atoms with E-state index in [2.05, 4.69) is 26.2 Å². The minimum atomic E-state index is -4.21. The number of halogens is 1. The Hall–Kier alpha value is -2.88. The first-order valence-electron chi connectivity index (χ1n) is 11.2. The van der Waals surface area contributed by atoms with Crippen LogP contribution in [0.4, 0.5) is 5.00 Å². The van der Waals surface area contributed by atoms with E-state index in [1.165, 1.54) is 18.3 Å². The number of anilines is 1. The number of nitrogens with one attached hydrogen (secondary N) is 1. The van der Waals surface area contributed by atoms with Crippen LogP contribution in [0, 0.1) is 6.92 Å². The summed E-state index contributed by atoms with van der Waals surface area (Å²) in [5.74, 6) is -5.41. The third-order valence-electron chi connectivity index (χ3n) is 5.03. The number of carbonyl (C=O) groups excluding carboxylic acids is 4. The number of aromatic nitrogens is 1. The Kier molecular flexibility index (Phi) is 9.62. The third-order valence-corrected chi connectivity index (χ3v) is 9.19. The second kappa shape index (κ2) is 12.3. The smallest absolute Gasteiger partial charge is 0.348 e. The monoisotopic (exact) mass is 645 g/mol. The molecule has 2 heterocycles. The molecule has 1 N–H and O–H groups in total. The molecule has 0 spiro atoms. The highest BCUT2D eigenvalue weighted by Crippen LogP contribution is 2.34.